The molecular formula is C10H13NO2. The van der Waals surface area contributed by atoms with Crippen LogP contribution in [0.4, 0.5) is 0 Å². The van der Waals surface area contributed by atoms with Crippen molar-refractivity contribution in [2.45, 2.75) is 33.2 Å². The molecular weight excluding hydrogens is 166 g/mol. The summed E-state index contributed by atoms with van der Waals surface area (Å²) in [6, 6.07) is -0.429. The van der Waals surface area contributed by atoms with Crippen LogP contribution in [0.5, 0.6) is 0 Å². The Hall–Kier alpha value is -1.30. The van der Waals surface area contributed by atoms with Crippen molar-refractivity contribution in [2.75, 3.05) is 0 Å². The van der Waals surface area contributed by atoms with Crippen LogP contribution in [0.3, 0.4) is 0 Å². The van der Waals surface area contributed by atoms with E-state index < -0.39 is 11.5 Å². The normalized spacial score (nSPS) is 23.1. The van der Waals surface area contributed by atoms with Gasteiger partial charge in [-0.25, -0.2) is 0 Å². The number of imide groups is 1. The van der Waals surface area contributed by atoms with Gasteiger partial charge in [0.15, 0.2) is 0 Å². The zero-order valence-corrected chi connectivity index (χ0v) is 8.13. The number of amides is 2. The fraction of sp³-hybridized carbons (Fsp3) is 0.600. The zero-order chi connectivity index (χ0) is 10.2. The van der Waals surface area contributed by atoms with E-state index in [0.29, 0.717) is 0 Å². The van der Waals surface area contributed by atoms with Crippen LogP contribution >= 0.6 is 0 Å². The Morgan fingerprint density at radius 2 is 2.08 bits per heavy atom. The molecule has 1 aliphatic heterocycles. The molecule has 0 aliphatic carbocycles. The summed E-state index contributed by atoms with van der Waals surface area (Å²) >= 11 is 0. The monoisotopic (exact) mass is 179 g/mol. The van der Waals surface area contributed by atoms with Crippen molar-refractivity contribution in [3.8, 4) is 12.3 Å². The molecule has 1 heterocycles. The van der Waals surface area contributed by atoms with Gasteiger partial charge >= 0.3 is 0 Å². The van der Waals surface area contributed by atoms with Crippen molar-refractivity contribution in [3.63, 3.8) is 0 Å². The fourth-order valence-corrected chi connectivity index (χ4v) is 1.44. The number of carbonyl (C=O) groups is 2. The van der Waals surface area contributed by atoms with Crippen molar-refractivity contribution in [1.29, 1.82) is 0 Å². The molecule has 0 spiro atoms. The maximum Gasteiger partial charge on any atom is 0.236 e. The lowest BCUT2D eigenvalue weighted by atomic mass is 9.92. The quantitative estimate of drug-likeness (QED) is 0.441. The summed E-state index contributed by atoms with van der Waals surface area (Å²) in [7, 11) is 0. The lowest BCUT2D eigenvalue weighted by Gasteiger charge is -2.20. The molecule has 0 aromatic rings. The van der Waals surface area contributed by atoms with Crippen LogP contribution in [0.2, 0.25) is 0 Å². The number of likely N-dealkylation sites (tertiary alicyclic amines) is 1. The third kappa shape index (κ3) is 1.44. The Morgan fingerprint density at radius 3 is 2.38 bits per heavy atom. The van der Waals surface area contributed by atoms with E-state index in [4.69, 9.17) is 6.42 Å². The molecule has 2 amide bonds. The van der Waals surface area contributed by atoms with Gasteiger partial charge in [-0.15, -0.1) is 6.42 Å². The second kappa shape index (κ2) is 2.88. The molecule has 1 fully saturated rings. The Labute approximate surface area is 78.1 Å². The topological polar surface area (TPSA) is 37.4 Å². The summed E-state index contributed by atoms with van der Waals surface area (Å²) in [5, 5.41) is 0. The summed E-state index contributed by atoms with van der Waals surface area (Å²) in [5.41, 5.74) is -0.581. The molecule has 13 heavy (non-hydrogen) atoms. The van der Waals surface area contributed by atoms with Crippen molar-refractivity contribution >= 4 is 11.8 Å². The molecule has 0 bridgehead atoms. The van der Waals surface area contributed by atoms with Crippen molar-refractivity contribution in [3.05, 3.63) is 0 Å². The van der Waals surface area contributed by atoms with Gasteiger partial charge in [-0.3, -0.25) is 14.5 Å². The second-order valence-corrected chi connectivity index (χ2v) is 3.97. The third-order valence-corrected chi connectivity index (χ3v) is 2.29. The van der Waals surface area contributed by atoms with E-state index in [0.717, 1.165) is 0 Å². The second-order valence-electron chi connectivity index (χ2n) is 3.97. The minimum absolute atomic E-state index is 0.164. The first kappa shape index (κ1) is 9.79. The van der Waals surface area contributed by atoms with E-state index in [-0.39, 0.29) is 18.2 Å². The van der Waals surface area contributed by atoms with Crippen LogP contribution in [-0.2, 0) is 9.59 Å². The molecule has 1 unspecified atom stereocenters. The number of carbonyl (C=O) groups excluding carboxylic acids is 2. The summed E-state index contributed by atoms with van der Waals surface area (Å²) < 4.78 is 0. The first-order chi connectivity index (χ1) is 5.90. The molecule has 0 N–H and O–H groups in total. The standard InChI is InChI=1S/C10H13NO2/c1-5-7(2)11-8(12)6-10(3,4)9(11)13/h1,7H,6H2,2-4H3. The van der Waals surface area contributed by atoms with Gasteiger partial charge in [0.1, 0.15) is 0 Å². The Bertz CT molecular complexity index is 299. The first-order valence-corrected chi connectivity index (χ1v) is 4.23. The van der Waals surface area contributed by atoms with Crippen LogP contribution in [0.1, 0.15) is 27.2 Å². The van der Waals surface area contributed by atoms with Gasteiger partial charge < -0.3 is 0 Å². The molecule has 1 rings (SSSR count). The van der Waals surface area contributed by atoms with E-state index >= 15 is 0 Å². The van der Waals surface area contributed by atoms with Gasteiger partial charge in [-0.1, -0.05) is 19.8 Å². The maximum absolute atomic E-state index is 11.6. The van der Waals surface area contributed by atoms with Gasteiger partial charge in [0.25, 0.3) is 0 Å². The van der Waals surface area contributed by atoms with Crippen LogP contribution in [0.15, 0.2) is 0 Å². The Kier molecular flexibility index (Phi) is 2.17. The average molecular weight is 179 g/mol. The van der Waals surface area contributed by atoms with Crippen molar-refractivity contribution in [2.24, 2.45) is 5.41 Å². The number of nitrogens with zero attached hydrogens (tertiary/aromatic N) is 1. The highest BCUT2D eigenvalue weighted by Crippen LogP contribution is 2.32. The van der Waals surface area contributed by atoms with Gasteiger partial charge in [0.2, 0.25) is 11.8 Å². The third-order valence-electron chi connectivity index (χ3n) is 2.29. The van der Waals surface area contributed by atoms with Crippen LogP contribution in [0.25, 0.3) is 0 Å². The van der Waals surface area contributed by atoms with Crippen molar-refractivity contribution in [1.82, 2.24) is 4.90 Å². The highest BCUT2D eigenvalue weighted by Gasteiger charge is 2.46. The highest BCUT2D eigenvalue weighted by molar-refractivity contribution is 6.06. The van der Waals surface area contributed by atoms with E-state index in [1.54, 1.807) is 20.8 Å². The van der Waals surface area contributed by atoms with Gasteiger partial charge in [0, 0.05) is 6.42 Å². The van der Waals surface area contributed by atoms with Gasteiger partial charge in [-0.05, 0) is 6.92 Å². The predicted octanol–water partition coefficient (Wildman–Crippen LogP) is 0.793. The van der Waals surface area contributed by atoms with Crippen LogP contribution in [-0.4, -0.2) is 22.8 Å². The van der Waals surface area contributed by atoms with E-state index in [9.17, 15) is 9.59 Å². The van der Waals surface area contributed by atoms with Gasteiger partial charge in [-0.2, -0.15) is 0 Å². The average Bonchev–Trinajstić information content (AvgIpc) is 2.21. The minimum atomic E-state index is -0.581. The SMILES string of the molecule is C#CC(C)N1C(=O)CC(C)(C)C1=O. The van der Waals surface area contributed by atoms with E-state index in [1.165, 1.54) is 4.90 Å². The molecule has 1 atom stereocenters. The molecule has 0 aromatic heterocycles. The molecule has 0 aromatic carbocycles. The Morgan fingerprint density at radius 1 is 1.54 bits per heavy atom. The van der Waals surface area contributed by atoms with Crippen LogP contribution < -0.4 is 0 Å². The summed E-state index contributed by atoms with van der Waals surface area (Å²) in [6.07, 6.45) is 5.43. The Balaban J connectivity index is 2.97. The predicted molar refractivity (Wildman–Crippen MR) is 48.5 cm³/mol. The molecule has 1 saturated heterocycles. The van der Waals surface area contributed by atoms with Gasteiger partial charge in [0.05, 0.1) is 11.5 Å². The lowest BCUT2D eigenvalue weighted by molar-refractivity contribution is -0.141. The number of hydrogen-bond donors (Lipinski definition) is 0. The maximum atomic E-state index is 11.6. The van der Waals surface area contributed by atoms with Crippen molar-refractivity contribution < 1.29 is 9.59 Å². The summed E-state index contributed by atoms with van der Waals surface area (Å²) in [4.78, 5) is 24.2. The molecule has 0 saturated carbocycles. The number of terminal acetylenes is 1. The smallest absolute Gasteiger partial charge is 0.236 e. The molecule has 70 valence electrons. The van der Waals surface area contributed by atoms with E-state index in [2.05, 4.69) is 5.92 Å². The largest absolute Gasteiger partial charge is 0.274 e. The lowest BCUT2D eigenvalue weighted by Crippen LogP contribution is -2.39. The first-order valence-electron chi connectivity index (χ1n) is 4.23. The van der Waals surface area contributed by atoms with Crippen LogP contribution in [0, 0.1) is 17.8 Å². The molecule has 3 heteroatoms. The molecule has 1 aliphatic rings. The fourth-order valence-electron chi connectivity index (χ4n) is 1.44. The summed E-state index contributed by atoms with van der Waals surface area (Å²) in [5.74, 6) is 2.06. The molecule has 0 radical (unpaired) electrons. The minimum Gasteiger partial charge on any atom is -0.274 e. The zero-order valence-electron chi connectivity index (χ0n) is 8.13. The number of rotatable bonds is 1. The molecule has 3 nitrogen and oxygen atoms in total. The summed E-state index contributed by atoms with van der Waals surface area (Å²) in [6.45, 7) is 5.20. The number of hydrogen-bond acceptors (Lipinski definition) is 2. The highest BCUT2D eigenvalue weighted by atomic mass is 16.2. The van der Waals surface area contributed by atoms with E-state index in [1.807, 2.05) is 0 Å².